The largest absolute Gasteiger partial charge is 0.478 e. The summed E-state index contributed by atoms with van der Waals surface area (Å²) >= 11 is 0. The van der Waals surface area contributed by atoms with Crippen LogP contribution in [0.5, 0.6) is 0 Å². The van der Waals surface area contributed by atoms with Gasteiger partial charge in [0.05, 0.1) is 11.1 Å². The summed E-state index contributed by atoms with van der Waals surface area (Å²) in [4.78, 5) is 19.1. The Hall–Kier alpha value is -2.82. The van der Waals surface area contributed by atoms with Crippen LogP contribution in [0.3, 0.4) is 0 Å². The minimum Gasteiger partial charge on any atom is -0.478 e. The minimum atomic E-state index is -1.08. The molecule has 0 radical (unpaired) electrons. The monoisotopic (exact) mass is 268 g/mol. The summed E-state index contributed by atoms with van der Waals surface area (Å²) in [5.41, 5.74) is 1.71. The molecule has 3 rings (SSSR count). The van der Waals surface area contributed by atoms with E-state index in [0.29, 0.717) is 22.0 Å². The van der Waals surface area contributed by atoms with Gasteiger partial charge in [-0.05, 0) is 24.3 Å². The van der Waals surface area contributed by atoms with E-state index in [1.807, 2.05) is 0 Å². The molecule has 0 unspecified atom stereocenters. The summed E-state index contributed by atoms with van der Waals surface area (Å²) in [6.45, 7) is 0. The molecule has 4 nitrogen and oxygen atoms in total. The zero-order valence-electron chi connectivity index (χ0n) is 10.2. The summed E-state index contributed by atoms with van der Waals surface area (Å²) < 4.78 is 13.7. The molecule has 98 valence electrons. The Morgan fingerprint density at radius 1 is 1.20 bits per heavy atom. The van der Waals surface area contributed by atoms with Crippen LogP contribution in [0.4, 0.5) is 4.39 Å². The van der Waals surface area contributed by atoms with Crippen LogP contribution in [-0.4, -0.2) is 21.0 Å². The maximum atomic E-state index is 13.7. The van der Waals surface area contributed by atoms with Gasteiger partial charge in [0.25, 0.3) is 0 Å². The van der Waals surface area contributed by atoms with Crippen LogP contribution in [0.25, 0.3) is 22.0 Å². The van der Waals surface area contributed by atoms with Crippen LogP contribution in [0.1, 0.15) is 10.4 Å². The lowest BCUT2D eigenvalue weighted by Crippen LogP contribution is -1.97. The van der Waals surface area contributed by atoms with Crippen LogP contribution in [0, 0.1) is 5.82 Å². The standard InChI is InChI=1S/C15H9FN2O2/c16-12-5-9-2-1-3-18-14(9)13(6-12)10-4-11(15(19)20)8-17-7-10/h1-8H,(H,19,20). The van der Waals surface area contributed by atoms with Gasteiger partial charge in [0.2, 0.25) is 0 Å². The number of nitrogens with zero attached hydrogens (tertiary/aromatic N) is 2. The third-order valence-electron chi connectivity index (χ3n) is 2.97. The van der Waals surface area contributed by atoms with Crippen molar-refractivity contribution in [1.82, 2.24) is 9.97 Å². The Bertz CT molecular complexity index is 818. The fourth-order valence-corrected chi connectivity index (χ4v) is 2.08. The molecule has 0 aliphatic heterocycles. The maximum Gasteiger partial charge on any atom is 0.337 e. The Morgan fingerprint density at radius 3 is 2.85 bits per heavy atom. The number of carbonyl (C=O) groups is 1. The van der Waals surface area contributed by atoms with E-state index in [1.165, 1.54) is 30.6 Å². The number of carboxylic acids is 1. The molecule has 0 bridgehead atoms. The Balaban J connectivity index is 2.29. The molecule has 0 spiro atoms. The molecule has 0 aliphatic carbocycles. The third kappa shape index (κ3) is 2.09. The number of hydrogen-bond acceptors (Lipinski definition) is 3. The maximum absolute atomic E-state index is 13.7. The van der Waals surface area contributed by atoms with Gasteiger partial charge in [0, 0.05) is 35.1 Å². The first-order valence-electron chi connectivity index (χ1n) is 5.88. The molecule has 2 heterocycles. The second-order valence-electron chi connectivity index (χ2n) is 4.30. The first-order valence-corrected chi connectivity index (χ1v) is 5.88. The van der Waals surface area contributed by atoms with Crippen LogP contribution >= 0.6 is 0 Å². The van der Waals surface area contributed by atoms with Gasteiger partial charge in [0.1, 0.15) is 5.82 Å². The molecule has 5 heteroatoms. The number of rotatable bonds is 2. The fraction of sp³-hybridized carbons (Fsp3) is 0. The zero-order chi connectivity index (χ0) is 14.1. The highest BCUT2D eigenvalue weighted by Crippen LogP contribution is 2.28. The molecule has 0 aliphatic rings. The molecule has 0 amide bonds. The Kier molecular flexibility index (Phi) is 2.87. The van der Waals surface area contributed by atoms with Gasteiger partial charge >= 0.3 is 5.97 Å². The van der Waals surface area contributed by atoms with Gasteiger partial charge in [-0.25, -0.2) is 9.18 Å². The first-order chi connectivity index (χ1) is 9.65. The van der Waals surface area contributed by atoms with Crippen molar-refractivity contribution in [2.45, 2.75) is 0 Å². The number of pyridine rings is 2. The number of halogens is 1. The van der Waals surface area contributed by atoms with Gasteiger partial charge in [-0.15, -0.1) is 0 Å². The topological polar surface area (TPSA) is 63.1 Å². The highest BCUT2D eigenvalue weighted by atomic mass is 19.1. The van der Waals surface area contributed by atoms with E-state index >= 15 is 0 Å². The third-order valence-corrected chi connectivity index (χ3v) is 2.97. The van der Waals surface area contributed by atoms with Gasteiger partial charge in [0.15, 0.2) is 0 Å². The number of carboxylic acid groups (broad SMARTS) is 1. The van der Waals surface area contributed by atoms with E-state index in [-0.39, 0.29) is 5.56 Å². The van der Waals surface area contributed by atoms with E-state index in [9.17, 15) is 9.18 Å². The molecule has 1 N–H and O–H groups in total. The van der Waals surface area contributed by atoms with Gasteiger partial charge in [-0.2, -0.15) is 0 Å². The molecule has 3 aromatic rings. The van der Waals surface area contributed by atoms with E-state index in [2.05, 4.69) is 9.97 Å². The van der Waals surface area contributed by atoms with Crippen LogP contribution < -0.4 is 0 Å². The number of aromatic carboxylic acids is 1. The predicted octanol–water partition coefficient (Wildman–Crippen LogP) is 3.13. The van der Waals surface area contributed by atoms with Gasteiger partial charge in [-0.3, -0.25) is 9.97 Å². The fourth-order valence-electron chi connectivity index (χ4n) is 2.08. The molecule has 1 aromatic carbocycles. The zero-order valence-corrected chi connectivity index (χ0v) is 10.2. The smallest absolute Gasteiger partial charge is 0.337 e. The lowest BCUT2D eigenvalue weighted by Gasteiger charge is -2.07. The number of hydrogen-bond donors (Lipinski definition) is 1. The molecule has 0 atom stereocenters. The minimum absolute atomic E-state index is 0.0517. The van der Waals surface area contributed by atoms with Gasteiger partial charge < -0.3 is 5.11 Å². The van der Waals surface area contributed by atoms with E-state index in [0.717, 1.165) is 0 Å². The lowest BCUT2D eigenvalue weighted by molar-refractivity contribution is 0.0696. The number of benzene rings is 1. The molecule has 0 saturated carbocycles. The van der Waals surface area contributed by atoms with Crippen molar-refractivity contribution in [1.29, 1.82) is 0 Å². The SMILES string of the molecule is O=C(O)c1cncc(-c2cc(F)cc3cccnc23)c1. The van der Waals surface area contributed by atoms with Crippen molar-refractivity contribution in [3.63, 3.8) is 0 Å². The summed E-state index contributed by atoms with van der Waals surface area (Å²) in [6.07, 6.45) is 4.36. The van der Waals surface area contributed by atoms with Crippen LogP contribution in [-0.2, 0) is 0 Å². The van der Waals surface area contributed by atoms with E-state index < -0.39 is 11.8 Å². The van der Waals surface area contributed by atoms with Crippen molar-refractivity contribution in [3.8, 4) is 11.1 Å². The van der Waals surface area contributed by atoms with Crippen molar-refractivity contribution >= 4 is 16.9 Å². The average molecular weight is 268 g/mol. The normalized spacial score (nSPS) is 10.7. The van der Waals surface area contributed by atoms with Crippen LogP contribution in [0.15, 0.2) is 48.9 Å². The quantitative estimate of drug-likeness (QED) is 0.775. The summed E-state index contributed by atoms with van der Waals surface area (Å²) in [6, 6.07) is 7.65. The average Bonchev–Trinajstić information content (AvgIpc) is 2.46. The first kappa shape index (κ1) is 12.2. The lowest BCUT2D eigenvalue weighted by atomic mass is 10.0. The Morgan fingerprint density at radius 2 is 2.05 bits per heavy atom. The van der Waals surface area contributed by atoms with Crippen molar-refractivity contribution < 1.29 is 14.3 Å². The van der Waals surface area contributed by atoms with Gasteiger partial charge in [-0.1, -0.05) is 6.07 Å². The second-order valence-corrected chi connectivity index (χ2v) is 4.30. The van der Waals surface area contributed by atoms with E-state index in [4.69, 9.17) is 5.11 Å². The van der Waals surface area contributed by atoms with Crippen molar-refractivity contribution in [3.05, 3.63) is 60.3 Å². The molecular formula is C15H9FN2O2. The molecule has 0 fully saturated rings. The van der Waals surface area contributed by atoms with Crippen molar-refractivity contribution in [2.24, 2.45) is 0 Å². The summed E-state index contributed by atoms with van der Waals surface area (Å²) in [5.74, 6) is -1.48. The highest BCUT2D eigenvalue weighted by molar-refractivity contribution is 5.95. The molecular weight excluding hydrogens is 259 g/mol. The summed E-state index contributed by atoms with van der Waals surface area (Å²) in [7, 11) is 0. The molecule has 2 aromatic heterocycles. The predicted molar refractivity (Wildman–Crippen MR) is 71.9 cm³/mol. The Labute approximate surface area is 113 Å². The molecule has 20 heavy (non-hydrogen) atoms. The number of aromatic nitrogens is 2. The van der Waals surface area contributed by atoms with E-state index in [1.54, 1.807) is 18.3 Å². The number of fused-ring (bicyclic) bond motifs is 1. The second kappa shape index (κ2) is 4.70. The summed E-state index contributed by atoms with van der Waals surface area (Å²) in [5, 5.41) is 9.65. The van der Waals surface area contributed by atoms with Crippen LogP contribution in [0.2, 0.25) is 0 Å². The molecule has 0 saturated heterocycles. The highest BCUT2D eigenvalue weighted by Gasteiger charge is 2.10. The van der Waals surface area contributed by atoms with Crippen molar-refractivity contribution in [2.75, 3.05) is 0 Å².